The van der Waals surface area contributed by atoms with Gasteiger partial charge in [0, 0.05) is 13.5 Å². The molecule has 8 heteroatoms. The van der Waals surface area contributed by atoms with Crippen molar-refractivity contribution in [2.24, 2.45) is 0 Å². The van der Waals surface area contributed by atoms with Gasteiger partial charge in [0.15, 0.2) is 11.4 Å². The molecule has 0 aliphatic carbocycles. The lowest BCUT2D eigenvalue weighted by Crippen LogP contribution is -2.35. The molecule has 3 heterocycles. The Hall–Kier alpha value is -1.77. The number of aliphatic hydroxyl groups is 1. The molecule has 1 aliphatic heterocycles. The summed E-state index contributed by atoms with van der Waals surface area (Å²) in [6, 6.07) is 0. The lowest BCUT2D eigenvalue weighted by atomic mass is 10.2. The molecule has 0 saturated carbocycles. The molecule has 2 aromatic heterocycles. The molecule has 19 heavy (non-hydrogen) atoms. The first-order valence-corrected chi connectivity index (χ1v) is 5.96. The normalized spacial score (nSPS) is 27.2. The van der Waals surface area contributed by atoms with Gasteiger partial charge in [-0.05, 0) is 6.42 Å². The average molecular weight is 265 g/mol. The zero-order chi connectivity index (χ0) is 13.5. The number of rotatable bonds is 3. The number of ether oxygens (including phenoxy) is 2. The van der Waals surface area contributed by atoms with Crippen LogP contribution in [-0.2, 0) is 9.47 Å². The smallest absolute Gasteiger partial charge is 0.222 e. The van der Waals surface area contributed by atoms with Crippen LogP contribution in [0.4, 0.5) is 5.95 Å². The van der Waals surface area contributed by atoms with E-state index < -0.39 is 5.79 Å². The fraction of sp³-hybridized carbons (Fsp3) is 0.545. The zero-order valence-corrected chi connectivity index (χ0v) is 10.5. The van der Waals surface area contributed by atoms with Gasteiger partial charge < -0.3 is 20.3 Å². The molecule has 0 bridgehead atoms. The van der Waals surface area contributed by atoms with Crippen molar-refractivity contribution in [2.45, 2.75) is 24.9 Å². The predicted octanol–water partition coefficient (Wildman–Crippen LogP) is 0.0525. The maximum Gasteiger partial charge on any atom is 0.222 e. The van der Waals surface area contributed by atoms with Crippen LogP contribution in [0, 0.1) is 0 Å². The van der Waals surface area contributed by atoms with E-state index in [2.05, 4.69) is 15.0 Å². The molecule has 102 valence electrons. The van der Waals surface area contributed by atoms with Crippen LogP contribution in [0.3, 0.4) is 0 Å². The van der Waals surface area contributed by atoms with Gasteiger partial charge in [0.25, 0.3) is 0 Å². The number of nitrogens with two attached hydrogens (primary N) is 1. The van der Waals surface area contributed by atoms with Crippen molar-refractivity contribution in [3.05, 3.63) is 12.5 Å². The monoisotopic (exact) mass is 265 g/mol. The van der Waals surface area contributed by atoms with Crippen LogP contribution in [0.5, 0.6) is 0 Å². The largest absolute Gasteiger partial charge is 0.391 e. The molecule has 8 nitrogen and oxygen atoms in total. The molecular formula is C11H15N5O3. The van der Waals surface area contributed by atoms with Gasteiger partial charge in [-0.1, -0.05) is 0 Å². The van der Waals surface area contributed by atoms with Gasteiger partial charge in [-0.25, -0.2) is 9.97 Å². The topological polar surface area (TPSA) is 108 Å². The first-order chi connectivity index (χ1) is 9.17. The molecule has 1 aliphatic rings. The Morgan fingerprint density at radius 2 is 2.47 bits per heavy atom. The number of fused-ring (bicyclic) bond motifs is 1. The molecule has 0 spiro atoms. The van der Waals surface area contributed by atoms with Gasteiger partial charge in [0.05, 0.1) is 19.1 Å². The summed E-state index contributed by atoms with van der Waals surface area (Å²) in [6.45, 7) is -0.191. The zero-order valence-electron chi connectivity index (χ0n) is 10.5. The third-order valence-corrected chi connectivity index (χ3v) is 3.38. The summed E-state index contributed by atoms with van der Waals surface area (Å²) in [5.41, 5.74) is 6.85. The number of aliphatic hydroxyl groups excluding tert-OH is 1. The third kappa shape index (κ3) is 1.93. The molecule has 0 unspecified atom stereocenters. The highest BCUT2D eigenvalue weighted by Crippen LogP contribution is 2.37. The van der Waals surface area contributed by atoms with Crippen LogP contribution >= 0.6 is 0 Å². The van der Waals surface area contributed by atoms with E-state index in [4.69, 9.17) is 15.2 Å². The minimum Gasteiger partial charge on any atom is -0.391 e. The van der Waals surface area contributed by atoms with Crippen molar-refractivity contribution >= 4 is 17.1 Å². The summed E-state index contributed by atoms with van der Waals surface area (Å²) in [5.74, 6) is -0.757. The van der Waals surface area contributed by atoms with Crippen molar-refractivity contribution in [3.63, 3.8) is 0 Å². The first-order valence-electron chi connectivity index (χ1n) is 5.96. The van der Waals surface area contributed by atoms with E-state index in [1.807, 2.05) is 0 Å². The number of nitrogen functional groups attached to an aromatic ring is 1. The van der Waals surface area contributed by atoms with E-state index >= 15 is 0 Å². The van der Waals surface area contributed by atoms with E-state index in [1.165, 1.54) is 7.11 Å². The number of hydrogen-bond acceptors (Lipinski definition) is 7. The summed E-state index contributed by atoms with van der Waals surface area (Å²) in [7, 11) is 1.52. The summed E-state index contributed by atoms with van der Waals surface area (Å²) < 4.78 is 12.8. The Bertz CT molecular complexity index is 595. The molecule has 3 N–H and O–H groups in total. The highest BCUT2D eigenvalue weighted by atomic mass is 16.7. The molecular weight excluding hydrogens is 250 g/mol. The Labute approximate surface area is 109 Å². The van der Waals surface area contributed by atoms with Crippen LogP contribution in [0.25, 0.3) is 11.2 Å². The molecule has 2 atom stereocenters. The molecule has 1 saturated heterocycles. The minimum absolute atomic E-state index is 0.187. The molecule has 2 aromatic rings. The summed E-state index contributed by atoms with van der Waals surface area (Å²) in [5, 5.41) is 9.37. The highest BCUT2D eigenvalue weighted by molar-refractivity contribution is 5.70. The average Bonchev–Trinajstić information content (AvgIpc) is 3.02. The first kappa shape index (κ1) is 12.3. The van der Waals surface area contributed by atoms with Crippen LogP contribution in [0.15, 0.2) is 12.5 Å². The van der Waals surface area contributed by atoms with Gasteiger partial charge in [-0.2, -0.15) is 4.98 Å². The third-order valence-electron chi connectivity index (χ3n) is 3.38. The summed E-state index contributed by atoms with van der Waals surface area (Å²) >= 11 is 0. The standard InChI is InChI=1S/C11H15N5O3/c1-18-11(5-17)3-2-8(19-11)16-6-14-7-4-13-10(12)15-9(7)16/h4,6,8,17H,2-3,5H2,1H3,(H2,12,13,15)/t8-,11+/m0/s1. The van der Waals surface area contributed by atoms with Crippen molar-refractivity contribution in [1.82, 2.24) is 19.5 Å². The second-order valence-corrected chi connectivity index (χ2v) is 4.47. The van der Waals surface area contributed by atoms with Crippen LogP contribution in [0.2, 0.25) is 0 Å². The number of anilines is 1. The Kier molecular flexibility index (Phi) is 2.85. The summed E-state index contributed by atoms with van der Waals surface area (Å²) in [6.07, 6.45) is 4.21. The minimum atomic E-state index is -0.945. The molecule has 0 radical (unpaired) electrons. The van der Waals surface area contributed by atoms with Gasteiger partial charge in [0.2, 0.25) is 5.95 Å². The van der Waals surface area contributed by atoms with E-state index in [0.29, 0.717) is 24.0 Å². The Morgan fingerprint density at radius 3 is 3.16 bits per heavy atom. The fourth-order valence-corrected chi connectivity index (χ4v) is 2.29. The van der Waals surface area contributed by atoms with Gasteiger partial charge in [-0.15, -0.1) is 0 Å². The van der Waals surface area contributed by atoms with Crippen LogP contribution < -0.4 is 5.73 Å². The number of nitrogens with zero attached hydrogens (tertiary/aromatic N) is 4. The maximum atomic E-state index is 9.37. The maximum absolute atomic E-state index is 9.37. The van der Waals surface area contributed by atoms with E-state index in [9.17, 15) is 5.11 Å². The van der Waals surface area contributed by atoms with Gasteiger partial charge in [0.1, 0.15) is 11.7 Å². The number of imidazole rings is 1. The highest BCUT2D eigenvalue weighted by Gasteiger charge is 2.41. The van der Waals surface area contributed by atoms with Crippen molar-refractivity contribution in [2.75, 3.05) is 19.5 Å². The predicted molar refractivity (Wildman–Crippen MR) is 65.9 cm³/mol. The van der Waals surface area contributed by atoms with Gasteiger partial charge in [-0.3, -0.25) is 4.57 Å². The molecule has 0 aromatic carbocycles. The van der Waals surface area contributed by atoms with Crippen LogP contribution in [0.1, 0.15) is 19.1 Å². The number of aromatic nitrogens is 4. The lowest BCUT2D eigenvalue weighted by Gasteiger charge is -2.25. The van der Waals surface area contributed by atoms with Crippen molar-refractivity contribution in [3.8, 4) is 0 Å². The van der Waals surface area contributed by atoms with E-state index in [0.717, 1.165) is 0 Å². The lowest BCUT2D eigenvalue weighted by molar-refractivity contribution is -0.241. The second-order valence-electron chi connectivity index (χ2n) is 4.47. The van der Waals surface area contributed by atoms with E-state index in [1.54, 1.807) is 17.1 Å². The van der Waals surface area contributed by atoms with Crippen molar-refractivity contribution in [1.29, 1.82) is 0 Å². The quantitative estimate of drug-likeness (QED) is 0.807. The van der Waals surface area contributed by atoms with Gasteiger partial charge >= 0.3 is 0 Å². The second kappa shape index (κ2) is 4.41. The Morgan fingerprint density at radius 1 is 1.63 bits per heavy atom. The number of methoxy groups -OCH3 is 1. The molecule has 1 fully saturated rings. The van der Waals surface area contributed by atoms with Crippen LogP contribution in [-0.4, -0.2) is 44.1 Å². The molecule has 0 amide bonds. The van der Waals surface area contributed by atoms with E-state index in [-0.39, 0.29) is 18.8 Å². The summed E-state index contributed by atoms with van der Waals surface area (Å²) in [4.78, 5) is 12.3. The van der Waals surface area contributed by atoms with Crippen molar-refractivity contribution < 1.29 is 14.6 Å². The molecule has 3 rings (SSSR count). The number of hydrogen-bond donors (Lipinski definition) is 2. The fourth-order valence-electron chi connectivity index (χ4n) is 2.29. The SMILES string of the molecule is CO[C@]1(CO)CC[C@@H](n2cnc3cnc(N)nc32)O1. The Balaban J connectivity index is 1.96.